The number of aromatic nitrogens is 1. The molecule has 0 radical (unpaired) electrons. The molecule has 3 heterocycles. The summed E-state index contributed by atoms with van der Waals surface area (Å²) in [5.41, 5.74) is 2.67. The number of likely N-dealkylation sites (N-methyl/N-ethyl adjacent to an activating group) is 1. The van der Waals surface area contributed by atoms with E-state index in [2.05, 4.69) is 21.8 Å². The Morgan fingerprint density at radius 2 is 1.75 bits per heavy atom. The summed E-state index contributed by atoms with van der Waals surface area (Å²) in [5, 5.41) is 4.83. The maximum Gasteiger partial charge on any atom is 0.294 e. The highest BCUT2D eigenvalue weighted by atomic mass is 32.1. The van der Waals surface area contributed by atoms with Crippen LogP contribution in [-0.2, 0) is 11.2 Å². The van der Waals surface area contributed by atoms with Crippen LogP contribution >= 0.6 is 11.3 Å². The van der Waals surface area contributed by atoms with E-state index in [0.717, 1.165) is 19.3 Å². The fraction of sp³-hybridized carbons (Fsp3) is 0.464. The third-order valence-corrected chi connectivity index (χ3v) is 6.82. The van der Waals surface area contributed by atoms with Gasteiger partial charge >= 0.3 is 0 Å². The van der Waals surface area contributed by atoms with Crippen LogP contribution in [0.2, 0.25) is 0 Å². The third kappa shape index (κ3) is 6.55. The molecule has 1 fully saturated rings. The number of nitrogens with one attached hydrogen (secondary N) is 1. The minimum atomic E-state index is -0.612. The molecular weight excluding hydrogens is 474 g/mol. The minimum Gasteiger partial charge on any atom is -0.496 e. The van der Waals surface area contributed by atoms with E-state index in [9.17, 15) is 14.4 Å². The van der Waals surface area contributed by atoms with Crippen LogP contribution in [0, 0.1) is 5.92 Å². The number of rotatable bonds is 6. The number of aromatic amines is 1. The molecule has 8 heteroatoms. The number of ketones is 1. The molecule has 196 valence electrons. The van der Waals surface area contributed by atoms with Crippen LogP contribution in [0.3, 0.4) is 0 Å². The zero-order valence-corrected chi connectivity index (χ0v) is 23.3. The Hall–Kier alpha value is -3.13. The topological polar surface area (TPSA) is 82.7 Å². The summed E-state index contributed by atoms with van der Waals surface area (Å²) >= 11 is 1.71. The van der Waals surface area contributed by atoms with Gasteiger partial charge in [0.1, 0.15) is 5.75 Å². The Bertz CT molecular complexity index is 1140. The normalized spacial score (nSPS) is 13.2. The molecule has 7 nitrogen and oxygen atoms in total. The van der Waals surface area contributed by atoms with Gasteiger partial charge in [-0.05, 0) is 53.6 Å². The summed E-state index contributed by atoms with van der Waals surface area (Å²) in [6.07, 6.45) is 4.47. The number of amides is 2. The van der Waals surface area contributed by atoms with Crippen molar-refractivity contribution in [3.05, 3.63) is 51.8 Å². The number of nitrogens with zero attached hydrogens (tertiary/aromatic N) is 2. The van der Waals surface area contributed by atoms with Crippen molar-refractivity contribution in [1.82, 2.24) is 14.8 Å². The number of Topliss-reactive ketones (excluding diaryl/α,β-unsaturated/α-hetero) is 1. The highest BCUT2D eigenvalue weighted by Crippen LogP contribution is 2.31. The molecule has 0 unspecified atom stereocenters. The molecule has 2 amide bonds. The molecule has 0 atom stereocenters. The first-order valence-corrected chi connectivity index (χ1v) is 13.6. The average molecular weight is 514 g/mol. The molecule has 0 saturated carbocycles. The van der Waals surface area contributed by atoms with Gasteiger partial charge < -0.3 is 19.5 Å². The van der Waals surface area contributed by atoms with E-state index in [1.807, 2.05) is 32.6 Å². The summed E-state index contributed by atoms with van der Waals surface area (Å²) in [4.78, 5) is 44.3. The fourth-order valence-electron chi connectivity index (χ4n) is 4.24. The number of hydrogen-bond acceptors (Lipinski definition) is 5. The summed E-state index contributed by atoms with van der Waals surface area (Å²) in [7, 11) is 4.60. The minimum absolute atomic E-state index is 0.115. The zero-order valence-electron chi connectivity index (χ0n) is 22.5. The number of carbonyl (C=O) groups excluding carboxylic acids is 3. The lowest BCUT2D eigenvalue weighted by molar-refractivity contribution is -0.124. The predicted octanol–water partition coefficient (Wildman–Crippen LogP) is 5.66. The molecule has 2 aromatic heterocycles. The number of likely N-dealkylation sites (tertiary alicyclic amines) is 1. The van der Waals surface area contributed by atoms with Crippen molar-refractivity contribution in [2.24, 2.45) is 5.92 Å². The maximum absolute atomic E-state index is 13.4. The molecule has 0 aliphatic carbocycles. The number of hydrogen-bond donors (Lipinski definition) is 1. The number of thiophene rings is 1. The maximum atomic E-state index is 13.4. The largest absolute Gasteiger partial charge is 0.496 e. The van der Waals surface area contributed by atoms with Gasteiger partial charge in [-0.3, -0.25) is 14.4 Å². The fourth-order valence-corrected chi connectivity index (χ4v) is 4.93. The Labute approximate surface area is 218 Å². The lowest BCUT2D eigenvalue weighted by Crippen LogP contribution is -2.39. The molecule has 0 bridgehead atoms. The van der Waals surface area contributed by atoms with E-state index >= 15 is 0 Å². The Balaban J connectivity index is 0.00000109. The van der Waals surface area contributed by atoms with Crippen LogP contribution in [0.25, 0.3) is 10.9 Å². The van der Waals surface area contributed by atoms with Crippen molar-refractivity contribution in [3.8, 4) is 5.75 Å². The van der Waals surface area contributed by atoms with E-state index in [1.165, 1.54) is 37.9 Å². The molecule has 1 aromatic carbocycles. The van der Waals surface area contributed by atoms with Crippen molar-refractivity contribution in [2.75, 3.05) is 34.3 Å². The van der Waals surface area contributed by atoms with Crippen LogP contribution in [0.5, 0.6) is 5.75 Å². The highest BCUT2D eigenvalue weighted by molar-refractivity contribution is 7.07. The molecule has 4 rings (SSSR count). The summed E-state index contributed by atoms with van der Waals surface area (Å²) in [6, 6.07) is 5.54. The van der Waals surface area contributed by atoms with E-state index in [4.69, 9.17) is 4.74 Å². The molecule has 1 aliphatic rings. The quantitative estimate of drug-likeness (QED) is 0.341. The van der Waals surface area contributed by atoms with Crippen LogP contribution in [0.15, 0.2) is 35.2 Å². The molecule has 36 heavy (non-hydrogen) atoms. The molecule has 0 spiro atoms. The van der Waals surface area contributed by atoms with Crippen molar-refractivity contribution < 1.29 is 19.1 Å². The second-order valence-corrected chi connectivity index (χ2v) is 9.18. The van der Waals surface area contributed by atoms with Gasteiger partial charge in [-0.1, -0.05) is 27.7 Å². The number of fused-ring (bicyclic) bond motifs is 1. The first kappa shape index (κ1) is 29.1. The number of methoxy groups -OCH3 is 1. The predicted molar refractivity (Wildman–Crippen MR) is 147 cm³/mol. The van der Waals surface area contributed by atoms with Gasteiger partial charge in [-0.25, -0.2) is 0 Å². The Morgan fingerprint density at radius 3 is 2.31 bits per heavy atom. The van der Waals surface area contributed by atoms with Gasteiger partial charge in [0.15, 0.2) is 0 Å². The second kappa shape index (κ2) is 13.8. The Morgan fingerprint density at radius 1 is 1.08 bits per heavy atom. The lowest BCUT2D eigenvalue weighted by atomic mass is 9.91. The van der Waals surface area contributed by atoms with Gasteiger partial charge in [0.2, 0.25) is 0 Å². The monoisotopic (exact) mass is 513 g/mol. The summed E-state index contributed by atoms with van der Waals surface area (Å²) < 4.78 is 5.49. The van der Waals surface area contributed by atoms with E-state index in [-0.39, 0.29) is 11.5 Å². The third-order valence-electron chi connectivity index (χ3n) is 6.08. The number of piperidine rings is 1. The van der Waals surface area contributed by atoms with Crippen molar-refractivity contribution in [2.45, 2.75) is 47.0 Å². The molecule has 3 aromatic rings. The summed E-state index contributed by atoms with van der Waals surface area (Å²) in [5.74, 6) is -0.315. The highest BCUT2D eigenvalue weighted by Gasteiger charge is 2.28. The van der Waals surface area contributed by atoms with E-state index in [1.54, 1.807) is 23.5 Å². The van der Waals surface area contributed by atoms with Crippen molar-refractivity contribution in [3.63, 3.8) is 0 Å². The lowest BCUT2D eigenvalue weighted by Gasteiger charge is -2.32. The Kier molecular flexibility index (Phi) is 11.2. The smallest absolute Gasteiger partial charge is 0.294 e. The number of carbonyl (C=O) groups is 3. The van der Waals surface area contributed by atoms with Crippen molar-refractivity contribution in [1.29, 1.82) is 0 Å². The van der Waals surface area contributed by atoms with Gasteiger partial charge in [-0.2, -0.15) is 11.3 Å². The zero-order chi connectivity index (χ0) is 26.8. The van der Waals surface area contributed by atoms with E-state index < -0.39 is 11.7 Å². The average Bonchev–Trinajstić information content (AvgIpc) is 3.59. The first-order chi connectivity index (χ1) is 17.4. The molecule has 1 aliphatic heterocycles. The number of H-pyrrole nitrogens is 1. The molecule has 1 saturated heterocycles. The first-order valence-electron chi connectivity index (χ1n) is 12.6. The number of ether oxygens (including phenoxy) is 1. The second-order valence-electron chi connectivity index (χ2n) is 8.40. The standard InChI is InChI=1S/C24H27N3O4S.2C2H6/c1-26(2)24(30)22(28)19-13-25-20-12-21(31-3)18(11-17(19)20)23(29)27-7-4-15(5-8-27)10-16-6-9-32-14-16;2*1-2/h6,9,11-15,25H,4-5,7-8,10H2,1-3H3;2*1-2H3. The van der Waals surface area contributed by atoms with Crippen molar-refractivity contribution >= 4 is 39.8 Å². The van der Waals surface area contributed by atoms with Gasteiger partial charge in [-0.15, -0.1) is 0 Å². The van der Waals surface area contributed by atoms with Gasteiger partial charge in [0, 0.05) is 50.4 Å². The SMILES string of the molecule is CC.CC.COc1cc2[nH]cc(C(=O)C(=O)N(C)C)c2cc1C(=O)N1CCC(Cc2ccsc2)CC1. The van der Waals surface area contributed by atoms with Crippen LogP contribution < -0.4 is 4.74 Å². The van der Waals surface area contributed by atoms with Crippen LogP contribution in [-0.4, -0.2) is 66.7 Å². The van der Waals surface area contributed by atoms with Crippen LogP contribution in [0.1, 0.15) is 66.8 Å². The molecular formula is C28H39N3O4S. The summed E-state index contributed by atoms with van der Waals surface area (Å²) in [6.45, 7) is 9.37. The number of benzene rings is 1. The molecule has 1 N–H and O–H groups in total. The van der Waals surface area contributed by atoms with Gasteiger partial charge in [0.25, 0.3) is 17.6 Å². The van der Waals surface area contributed by atoms with Gasteiger partial charge in [0.05, 0.1) is 18.2 Å². The van der Waals surface area contributed by atoms with Crippen LogP contribution in [0.4, 0.5) is 0 Å². The van der Waals surface area contributed by atoms with E-state index in [0.29, 0.717) is 41.2 Å².